The molecule has 1 fully saturated rings. The van der Waals surface area contributed by atoms with E-state index in [0.29, 0.717) is 0 Å². The van der Waals surface area contributed by atoms with E-state index >= 15 is 0 Å². The van der Waals surface area contributed by atoms with Gasteiger partial charge in [0.05, 0.1) is 13.2 Å². The first-order valence-electron chi connectivity index (χ1n) is 6.80. The lowest BCUT2D eigenvalue weighted by atomic mass is 9.90. The van der Waals surface area contributed by atoms with Crippen LogP contribution in [0.1, 0.15) is 24.8 Å². The van der Waals surface area contributed by atoms with Crippen molar-refractivity contribution in [2.24, 2.45) is 0 Å². The molecule has 0 bridgehead atoms. The minimum Gasteiger partial charge on any atom is -0.347 e. The number of ether oxygens (including phenoxy) is 2. The van der Waals surface area contributed by atoms with E-state index in [1.54, 1.807) is 0 Å². The molecule has 1 aromatic heterocycles. The average molecular weight is 272 g/mol. The second-order valence-electron chi connectivity index (χ2n) is 5.19. The summed E-state index contributed by atoms with van der Waals surface area (Å²) in [4.78, 5) is 0. The van der Waals surface area contributed by atoms with E-state index in [2.05, 4.69) is 35.7 Å². The maximum absolute atomic E-state index is 5.77. The standard InChI is InChI=1S/C16H16O2S/c1-2-4-15-13(3-1)14(11-19-15)12-5-7-16(8-6-12)17-9-10-18-16/h1-5,11H,6-10H2. The molecule has 1 aliphatic carbocycles. The second-order valence-corrected chi connectivity index (χ2v) is 6.10. The van der Waals surface area contributed by atoms with E-state index in [0.717, 1.165) is 32.5 Å². The van der Waals surface area contributed by atoms with Crippen molar-refractivity contribution < 1.29 is 9.47 Å². The fraction of sp³-hybridized carbons (Fsp3) is 0.375. The van der Waals surface area contributed by atoms with Gasteiger partial charge in [0.2, 0.25) is 0 Å². The van der Waals surface area contributed by atoms with Gasteiger partial charge < -0.3 is 9.47 Å². The Kier molecular flexibility index (Phi) is 2.72. The van der Waals surface area contributed by atoms with E-state index in [9.17, 15) is 0 Å². The van der Waals surface area contributed by atoms with Gasteiger partial charge in [0.25, 0.3) is 0 Å². The van der Waals surface area contributed by atoms with Crippen molar-refractivity contribution in [2.75, 3.05) is 13.2 Å². The summed E-state index contributed by atoms with van der Waals surface area (Å²) in [7, 11) is 0. The number of thiophene rings is 1. The molecule has 1 spiro atoms. The Morgan fingerprint density at radius 2 is 1.95 bits per heavy atom. The van der Waals surface area contributed by atoms with Gasteiger partial charge in [-0.3, -0.25) is 0 Å². The molecule has 3 heteroatoms. The Morgan fingerprint density at radius 3 is 2.74 bits per heavy atom. The molecule has 4 rings (SSSR count). The van der Waals surface area contributed by atoms with Crippen LogP contribution in [0, 0.1) is 0 Å². The summed E-state index contributed by atoms with van der Waals surface area (Å²) in [6.45, 7) is 1.48. The minimum absolute atomic E-state index is 0.310. The molecule has 0 radical (unpaired) electrons. The fourth-order valence-electron chi connectivity index (χ4n) is 3.04. The van der Waals surface area contributed by atoms with Gasteiger partial charge in [0.15, 0.2) is 5.79 Å². The van der Waals surface area contributed by atoms with Crippen LogP contribution in [0.4, 0.5) is 0 Å². The van der Waals surface area contributed by atoms with Gasteiger partial charge in [0, 0.05) is 17.5 Å². The first kappa shape index (κ1) is 11.6. The highest BCUT2D eigenvalue weighted by Gasteiger charge is 2.37. The van der Waals surface area contributed by atoms with Crippen LogP contribution in [0.5, 0.6) is 0 Å². The lowest BCUT2D eigenvalue weighted by Gasteiger charge is -2.30. The SMILES string of the molecule is C1=C(c2csc3ccccc23)CCC2(C1)OCCO2. The molecule has 0 N–H and O–H groups in total. The second kappa shape index (κ2) is 4.44. The third kappa shape index (κ3) is 1.93. The Bertz CT molecular complexity index is 635. The lowest BCUT2D eigenvalue weighted by molar-refractivity contribution is -0.159. The third-order valence-electron chi connectivity index (χ3n) is 4.08. The van der Waals surface area contributed by atoms with Crippen molar-refractivity contribution in [2.45, 2.75) is 25.0 Å². The molecule has 0 amide bonds. The number of allylic oxidation sites excluding steroid dienone is 1. The minimum atomic E-state index is -0.310. The van der Waals surface area contributed by atoms with Crippen LogP contribution in [-0.2, 0) is 9.47 Å². The van der Waals surface area contributed by atoms with Crippen LogP contribution in [0.15, 0.2) is 35.7 Å². The molecule has 2 aromatic rings. The molecule has 1 aromatic carbocycles. The summed E-state index contributed by atoms with van der Waals surface area (Å²) in [5, 5.41) is 3.66. The number of fused-ring (bicyclic) bond motifs is 1. The van der Waals surface area contributed by atoms with E-state index in [4.69, 9.17) is 9.47 Å². The predicted molar refractivity (Wildman–Crippen MR) is 78.3 cm³/mol. The molecule has 2 nitrogen and oxygen atoms in total. The van der Waals surface area contributed by atoms with Crippen molar-refractivity contribution in [1.82, 2.24) is 0 Å². The van der Waals surface area contributed by atoms with Gasteiger partial charge in [-0.25, -0.2) is 0 Å². The Hall–Kier alpha value is -1.16. The molecular formula is C16H16O2S. The number of hydrogen-bond donors (Lipinski definition) is 0. The van der Waals surface area contributed by atoms with Crippen LogP contribution < -0.4 is 0 Å². The molecule has 19 heavy (non-hydrogen) atoms. The Balaban J connectivity index is 1.68. The van der Waals surface area contributed by atoms with Crippen molar-refractivity contribution in [3.8, 4) is 0 Å². The normalized spacial score (nSPS) is 22.0. The average Bonchev–Trinajstić information content (AvgIpc) is 3.08. The number of hydrogen-bond acceptors (Lipinski definition) is 3. The quantitative estimate of drug-likeness (QED) is 0.774. The molecular weight excluding hydrogens is 256 g/mol. The zero-order chi connectivity index (χ0) is 12.7. The smallest absolute Gasteiger partial charge is 0.172 e. The molecule has 2 aliphatic rings. The summed E-state index contributed by atoms with van der Waals surface area (Å²) in [6.07, 6.45) is 5.21. The van der Waals surface area contributed by atoms with Crippen molar-refractivity contribution in [3.05, 3.63) is 41.3 Å². The van der Waals surface area contributed by atoms with Gasteiger partial charge in [-0.05, 0) is 34.4 Å². The molecule has 98 valence electrons. The summed E-state index contributed by atoms with van der Waals surface area (Å²) in [6, 6.07) is 8.63. The summed E-state index contributed by atoms with van der Waals surface area (Å²) < 4.78 is 12.9. The Morgan fingerprint density at radius 1 is 1.11 bits per heavy atom. The van der Waals surface area contributed by atoms with E-state index in [1.165, 1.54) is 21.2 Å². The molecule has 0 atom stereocenters. The highest BCUT2D eigenvalue weighted by Crippen LogP contribution is 2.41. The van der Waals surface area contributed by atoms with Crippen LogP contribution >= 0.6 is 11.3 Å². The van der Waals surface area contributed by atoms with Gasteiger partial charge in [-0.2, -0.15) is 0 Å². The van der Waals surface area contributed by atoms with Crippen LogP contribution in [0.2, 0.25) is 0 Å². The van der Waals surface area contributed by atoms with Gasteiger partial charge in [0.1, 0.15) is 0 Å². The topological polar surface area (TPSA) is 18.5 Å². The maximum Gasteiger partial charge on any atom is 0.172 e. The predicted octanol–water partition coefficient (Wildman–Crippen LogP) is 4.21. The summed E-state index contributed by atoms with van der Waals surface area (Å²) in [5.41, 5.74) is 2.84. The maximum atomic E-state index is 5.77. The zero-order valence-corrected chi connectivity index (χ0v) is 11.5. The van der Waals surface area contributed by atoms with Crippen molar-refractivity contribution in [3.63, 3.8) is 0 Å². The molecule has 1 saturated heterocycles. The van der Waals surface area contributed by atoms with Crippen LogP contribution in [0.25, 0.3) is 15.7 Å². The third-order valence-corrected chi connectivity index (χ3v) is 5.04. The van der Waals surface area contributed by atoms with Crippen molar-refractivity contribution in [1.29, 1.82) is 0 Å². The Labute approximate surface area is 116 Å². The molecule has 1 aliphatic heterocycles. The first-order chi connectivity index (χ1) is 9.36. The summed E-state index contributed by atoms with van der Waals surface area (Å²) >= 11 is 1.83. The number of rotatable bonds is 1. The van der Waals surface area contributed by atoms with Gasteiger partial charge in [-0.15, -0.1) is 11.3 Å². The largest absolute Gasteiger partial charge is 0.347 e. The highest BCUT2D eigenvalue weighted by atomic mass is 32.1. The number of benzene rings is 1. The van der Waals surface area contributed by atoms with Crippen molar-refractivity contribution >= 4 is 27.0 Å². The fourth-order valence-corrected chi connectivity index (χ4v) is 4.02. The summed E-state index contributed by atoms with van der Waals surface area (Å²) in [5.74, 6) is -0.310. The molecule has 2 heterocycles. The first-order valence-corrected chi connectivity index (χ1v) is 7.68. The van der Waals surface area contributed by atoms with Crippen LogP contribution in [0.3, 0.4) is 0 Å². The van der Waals surface area contributed by atoms with E-state index < -0.39 is 0 Å². The molecule has 0 unspecified atom stereocenters. The highest BCUT2D eigenvalue weighted by molar-refractivity contribution is 7.17. The van der Waals surface area contributed by atoms with Gasteiger partial charge in [-0.1, -0.05) is 24.3 Å². The van der Waals surface area contributed by atoms with E-state index in [-0.39, 0.29) is 5.79 Å². The molecule has 0 saturated carbocycles. The zero-order valence-electron chi connectivity index (χ0n) is 10.7. The van der Waals surface area contributed by atoms with Gasteiger partial charge >= 0.3 is 0 Å². The van der Waals surface area contributed by atoms with Crippen LogP contribution in [-0.4, -0.2) is 19.0 Å². The van der Waals surface area contributed by atoms with E-state index in [1.807, 2.05) is 11.3 Å². The monoisotopic (exact) mass is 272 g/mol. The lowest BCUT2D eigenvalue weighted by Crippen LogP contribution is -2.31.